The summed E-state index contributed by atoms with van der Waals surface area (Å²) < 4.78 is 13.1. The van der Waals surface area contributed by atoms with Crippen molar-refractivity contribution in [2.45, 2.75) is 31.8 Å². The highest BCUT2D eigenvalue weighted by Gasteiger charge is 2.34. The Morgan fingerprint density at radius 2 is 1.93 bits per heavy atom. The normalized spacial score (nSPS) is 12.9. The third-order valence-electron chi connectivity index (χ3n) is 6.78. The lowest BCUT2D eigenvalue weighted by Gasteiger charge is -2.34. The largest absolute Gasteiger partial charge is 0.486 e. The number of amides is 1. The van der Waals surface area contributed by atoms with Crippen LogP contribution in [0.15, 0.2) is 60.6 Å². The van der Waals surface area contributed by atoms with E-state index in [1.165, 1.54) is 35.3 Å². The first-order chi connectivity index (χ1) is 19.2. The third kappa shape index (κ3) is 6.74. The Morgan fingerprint density at radius 3 is 2.60 bits per heavy atom. The van der Waals surface area contributed by atoms with Gasteiger partial charge >= 0.3 is 0 Å². The van der Waals surface area contributed by atoms with E-state index in [2.05, 4.69) is 4.57 Å². The van der Waals surface area contributed by atoms with Crippen LogP contribution in [0.1, 0.15) is 40.5 Å². The van der Waals surface area contributed by atoms with Gasteiger partial charge in [-0.3, -0.25) is 14.6 Å². The van der Waals surface area contributed by atoms with Crippen molar-refractivity contribution in [3.8, 4) is 5.75 Å². The number of nitrogens with zero attached hydrogens (tertiary/aromatic N) is 3. The third-order valence-corrected chi connectivity index (χ3v) is 6.78. The Labute approximate surface area is 232 Å². The maximum atomic E-state index is 13.4. The van der Waals surface area contributed by atoms with Crippen molar-refractivity contribution in [1.82, 2.24) is 9.47 Å². The summed E-state index contributed by atoms with van der Waals surface area (Å²) in [6.07, 6.45) is 5.54. The van der Waals surface area contributed by atoms with E-state index in [0.717, 1.165) is 17.4 Å². The number of aromatic nitrogens is 1. The van der Waals surface area contributed by atoms with Gasteiger partial charge in [-0.2, -0.15) is 0 Å². The second-order valence-corrected chi connectivity index (χ2v) is 9.53. The Hall–Kier alpha value is -4.48. The molecule has 0 radical (unpaired) electrons. The number of rotatable bonds is 15. The molecule has 212 valence electrons. The number of carbonyl (C=O) groups excluding carboxylic acids is 4. The molecule has 0 aliphatic carbocycles. The molecule has 1 atom stereocenters. The zero-order chi connectivity index (χ0) is 29.3. The highest BCUT2D eigenvalue weighted by atomic mass is 16.5. The molecule has 0 unspecified atom stereocenters. The highest BCUT2D eigenvalue weighted by molar-refractivity contribution is 6.05. The molecule has 0 aliphatic rings. The first-order valence-corrected chi connectivity index (χ1v) is 12.7. The second kappa shape index (κ2) is 13.5. The number of nitrogens with two attached hydrogens (primary N) is 2. The van der Waals surface area contributed by atoms with Crippen LogP contribution in [0.25, 0.3) is 10.9 Å². The van der Waals surface area contributed by atoms with Crippen LogP contribution in [0, 0.1) is 0 Å². The van der Waals surface area contributed by atoms with Crippen LogP contribution in [-0.4, -0.2) is 67.1 Å². The molecule has 40 heavy (non-hydrogen) atoms. The molecule has 1 amide bonds. The van der Waals surface area contributed by atoms with Gasteiger partial charge in [0.05, 0.1) is 29.1 Å². The number of aldehydes is 3. The molecular formula is C29H35N5O6. The van der Waals surface area contributed by atoms with E-state index in [4.69, 9.17) is 21.1 Å². The Kier molecular flexibility index (Phi) is 10.2. The van der Waals surface area contributed by atoms with Crippen LogP contribution in [-0.2, 0) is 20.9 Å². The predicted octanol–water partition coefficient (Wildman–Crippen LogP) is 2.67. The summed E-state index contributed by atoms with van der Waals surface area (Å²) in [5.74, 6) is 5.75. The van der Waals surface area contributed by atoms with E-state index >= 15 is 0 Å². The second-order valence-electron chi connectivity index (χ2n) is 9.53. The molecule has 4 N–H and O–H groups in total. The van der Waals surface area contributed by atoms with E-state index in [-0.39, 0.29) is 42.0 Å². The van der Waals surface area contributed by atoms with Crippen molar-refractivity contribution in [2.24, 2.45) is 11.6 Å². The Morgan fingerprint density at radius 1 is 1.15 bits per heavy atom. The van der Waals surface area contributed by atoms with Crippen molar-refractivity contribution in [1.29, 1.82) is 0 Å². The number of hydrogen-bond acceptors (Lipinski definition) is 9. The lowest BCUT2D eigenvalue weighted by molar-refractivity contribution is -0.117. The highest BCUT2D eigenvalue weighted by Crippen LogP contribution is 2.28. The number of anilines is 1. The number of benzene rings is 2. The zero-order valence-corrected chi connectivity index (χ0v) is 22.9. The number of methoxy groups -OCH3 is 1. The molecule has 0 saturated carbocycles. The molecule has 2 aromatic carbocycles. The first-order valence-electron chi connectivity index (χ1n) is 12.7. The average molecular weight is 550 g/mol. The molecule has 0 spiro atoms. The lowest BCUT2D eigenvalue weighted by Crippen LogP contribution is -2.49. The van der Waals surface area contributed by atoms with Gasteiger partial charge in [0.2, 0.25) is 0 Å². The topological polar surface area (TPSA) is 150 Å². The van der Waals surface area contributed by atoms with Crippen molar-refractivity contribution in [3.63, 3.8) is 0 Å². The van der Waals surface area contributed by atoms with Crippen molar-refractivity contribution >= 4 is 41.4 Å². The minimum absolute atomic E-state index is 0.0139. The van der Waals surface area contributed by atoms with Gasteiger partial charge in [-0.1, -0.05) is 12.1 Å². The number of ether oxygens (including phenoxy) is 2. The first kappa shape index (κ1) is 30.1. The van der Waals surface area contributed by atoms with Crippen LogP contribution >= 0.6 is 0 Å². The quantitative estimate of drug-likeness (QED) is 0.166. The van der Waals surface area contributed by atoms with Crippen LogP contribution in [0.3, 0.4) is 0 Å². The molecule has 1 heterocycles. The van der Waals surface area contributed by atoms with Gasteiger partial charge in [-0.25, -0.2) is 5.84 Å². The zero-order valence-electron chi connectivity index (χ0n) is 22.9. The van der Waals surface area contributed by atoms with Crippen LogP contribution < -0.4 is 21.3 Å². The summed E-state index contributed by atoms with van der Waals surface area (Å²) in [6, 6.07) is 12.3. The number of hydrazine groups is 1. The molecule has 0 saturated heterocycles. The van der Waals surface area contributed by atoms with Gasteiger partial charge in [0.15, 0.2) is 6.29 Å². The summed E-state index contributed by atoms with van der Waals surface area (Å²) >= 11 is 0. The van der Waals surface area contributed by atoms with E-state index in [1.807, 2.05) is 30.5 Å². The minimum Gasteiger partial charge on any atom is -0.486 e. The summed E-state index contributed by atoms with van der Waals surface area (Å²) in [5, 5.41) is 2.37. The number of carbonyl (C=O) groups is 4. The van der Waals surface area contributed by atoms with Crippen molar-refractivity contribution < 1.29 is 28.7 Å². The van der Waals surface area contributed by atoms with E-state index < -0.39 is 11.4 Å². The van der Waals surface area contributed by atoms with Crippen LogP contribution in [0.2, 0.25) is 0 Å². The smallest absolute Gasteiger partial charge is 0.258 e. The monoisotopic (exact) mass is 549 g/mol. The molecule has 0 bridgehead atoms. The fraction of sp³-hybridized carbons (Fsp3) is 0.310. The summed E-state index contributed by atoms with van der Waals surface area (Å²) in [6.45, 7) is 2.75. The maximum absolute atomic E-state index is 13.4. The molecule has 11 nitrogen and oxygen atoms in total. The van der Waals surface area contributed by atoms with Gasteiger partial charge in [-0.15, -0.1) is 0 Å². The summed E-state index contributed by atoms with van der Waals surface area (Å²) in [7, 11) is 3.10. The van der Waals surface area contributed by atoms with Crippen LogP contribution in [0.4, 0.5) is 5.69 Å². The Balaban J connectivity index is 1.79. The Bertz CT molecular complexity index is 1400. The van der Waals surface area contributed by atoms with E-state index in [9.17, 15) is 19.2 Å². The minimum atomic E-state index is -1.25. The van der Waals surface area contributed by atoms with Crippen molar-refractivity contribution in [3.05, 3.63) is 71.7 Å². The predicted molar refractivity (Wildman–Crippen MR) is 152 cm³/mol. The van der Waals surface area contributed by atoms with Gasteiger partial charge in [0, 0.05) is 56.0 Å². The molecular weight excluding hydrogens is 514 g/mol. The van der Waals surface area contributed by atoms with Gasteiger partial charge in [-0.05, 0) is 43.7 Å². The van der Waals surface area contributed by atoms with Crippen LogP contribution in [0.5, 0.6) is 5.75 Å². The van der Waals surface area contributed by atoms with Gasteiger partial charge in [0.25, 0.3) is 5.91 Å². The average Bonchev–Trinajstić information content (AvgIpc) is 3.38. The summed E-state index contributed by atoms with van der Waals surface area (Å²) in [5.41, 5.74) is 7.01. The van der Waals surface area contributed by atoms with Crippen molar-refractivity contribution in [2.75, 3.05) is 32.4 Å². The summed E-state index contributed by atoms with van der Waals surface area (Å²) in [4.78, 5) is 49.1. The molecule has 3 aromatic rings. The number of likely N-dealkylation sites (N-methyl/N-ethyl adjacent to an activating group) is 1. The number of hydrogen-bond donors (Lipinski definition) is 2. The molecule has 1 aromatic heterocycles. The lowest BCUT2D eigenvalue weighted by atomic mass is 9.94. The molecule has 0 aliphatic heterocycles. The standard InChI is InChI=1S/C29H35N5O6/c1-29(20-37,11-5-14-35)32(2)28(38)27-22(18-36)6-4-7-26(27)40-19-23(30)17-34(31)24-8-9-25-21(16-24)10-12-33(25)13-15-39-3/h4,6-10,12,14,16-18,20H,5,11,13,15,19,30-31H2,1-3H3/b23-17-/t29-/m0/s1. The SMILES string of the molecule is COCCn1ccc2cc(N(N)/C=C(\N)COc3cccc(C=O)c3C(=O)N(C)[C@](C)(C=O)CCC=O)ccc21. The molecule has 11 heteroatoms. The van der Waals surface area contributed by atoms with E-state index in [0.29, 0.717) is 31.2 Å². The van der Waals surface area contributed by atoms with E-state index in [1.54, 1.807) is 20.1 Å². The fourth-order valence-electron chi connectivity index (χ4n) is 4.24. The molecule has 0 fully saturated rings. The number of fused-ring (bicyclic) bond motifs is 1. The van der Waals surface area contributed by atoms with Gasteiger partial charge in [0.1, 0.15) is 24.9 Å². The molecule has 3 rings (SSSR count). The van der Waals surface area contributed by atoms with Gasteiger partial charge < -0.3 is 34.3 Å². The maximum Gasteiger partial charge on any atom is 0.258 e. The fourth-order valence-corrected chi connectivity index (χ4v) is 4.24.